The summed E-state index contributed by atoms with van der Waals surface area (Å²) in [6, 6.07) is -0.784. The number of nitrogens with one attached hydrogen (secondary N) is 1. The number of nitrogens with zero attached hydrogens (tertiary/aromatic N) is 1. The van der Waals surface area contributed by atoms with Crippen LogP contribution in [0.5, 0.6) is 0 Å². The van der Waals surface area contributed by atoms with Crippen molar-refractivity contribution in [2.75, 3.05) is 13.2 Å². The van der Waals surface area contributed by atoms with E-state index in [-0.39, 0.29) is 13.0 Å². The van der Waals surface area contributed by atoms with Crippen molar-refractivity contribution in [2.24, 2.45) is 5.92 Å². The van der Waals surface area contributed by atoms with Crippen molar-refractivity contribution in [3.63, 3.8) is 0 Å². The Balaban J connectivity index is 1.93. The second kappa shape index (κ2) is 8.79. The molecule has 2 rings (SSSR count). The highest BCUT2D eigenvalue weighted by Gasteiger charge is 2.42. The summed E-state index contributed by atoms with van der Waals surface area (Å²) < 4.78 is 48.8. The SMILES string of the molecule is CC1CN(C2CC(O)C(COP(=O)([O-])OP(=O)([O-])OP(=O)([O-])[O-])O2)C(=O)NC1=O. The summed E-state index contributed by atoms with van der Waals surface area (Å²) in [6.45, 7) is 0.534. The van der Waals surface area contributed by atoms with Gasteiger partial charge in [0, 0.05) is 13.0 Å². The number of hydrogen-bond acceptors (Lipinski definition) is 14. The first-order valence-corrected chi connectivity index (χ1v) is 12.1. The van der Waals surface area contributed by atoms with E-state index in [9.17, 15) is 48.0 Å². The fraction of sp³-hybridized carbons (Fsp3) is 0.800. The van der Waals surface area contributed by atoms with Gasteiger partial charge in [-0.2, -0.15) is 0 Å². The van der Waals surface area contributed by atoms with Gasteiger partial charge in [0.25, 0.3) is 15.6 Å². The molecule has 2 fully saturated rings. The van der Waals surface area contributed by atoms with E-state index in [1.54, 1.807) is 0 Å². The van der Waals surface area contributed by atoms with E-state index < -0.39 is 66.4 Å². The van der Waals surface area contributed by atoms with Gasteiger partial charge in [0.2, 0.25) is 5.91 Å². The molecular formula is C10H15N2O14P3-4. The van der Waals surface area contributed by atoms with Crippen molar-refractivity contribution in [1.82, 2.24) is 10.2 Å². The Kier molecular flexibility index (Phi) is 7.44. The molecule has 2 aliphatic rings. The van der Waals surface area contributed by atoms with E-state index in [0.29, 0.717) is 0 Å². The van der Waals surface area contributed by atoms with Gasteiger partial charge in [0.15, 0.2) is 0 Å². The number of ether oxygens (including phenoxy) is 1. The van der Waals surface area contributed by atoms with E-state index in [1.807, 2.05) is 0 Å². The van der Waals surface area contributed by atoms with Crippen LogP contribution in [0, 0.1) is 5.92 Å². The highest BCUT2D eigenvalue weighted by Crippen LogP contribution is 2.60. The van der Waals surface area contributed by atoms with Crippen molar-refractivity contribution in [3.8, 4) is 0 Å². The zero-order valence-corrected chi connectivity index (χ0v) is 17.2. The minimum absolute atomic E-state index is 0.0278. The molecule has 2 aliphatic heterocycles. The first-order chi connectivity index (χ1) is 13.1. The molecule has 2 saturated heterocycles. The minimum Gasteiger partial charge on any atom is -0.790 e. The van der Waals surface area contributed by atoms with Gasteiger partial charge in [0.1, 0.15) is 12.3 Å². The molecule has 0 aromatic carbocycles. The van der Waals surface area contributed by atoms with Crippen LogP contribution in [0.15, 0.2) is 0 Å². The maximum atomic E-state index is 11.9. The number of urea groups is 1. The average molecular weight is 480 g/mol. The quantitative estimate of drug-likeness (QED) is 0.319. The number of aliphatic hydroxyl groups excluding tert-OH is 1. The van der Waals surface area contributed by atoms with E-state index in [0.717, 1.165) is 4.90 Å². The number of hydrogen-bond donors (Lipinski definition) is 2. The molecule has 2 heterocycles. The normalized spacial score (nSPS) is 32.6. The predicted molar refractivity (Wildman–Crippen MR) is 79.6 cm³/mol. The van der Waals surface area contributed by atoms with Gasteiger partial charge in [-0.25, -0.2) is 9.11 Å². The van der Waals surface area contributed by atoms with Crippen molar-refractivity contribution < 1.29 is 65.8 Å². The smallest absolute Gasteiger partial charge is 0.326 e. The molecular weight excluding hydrogens is 465 g/mol. The lowest BCUT2D eigenvalue weighted by Crippen LogP contribution is -2.57. The molecule has 0 aromatic rings. The van der Waals surface area contributed by atoms with Gasteiger partial charge in [0.05, 0.1) is 26.5 Å². The first kappa shape index (κ1) is 24.5. The molecule has 16 nitrogen and oxygen atoms in total. The Hall–Kier alpha value is -0.730. The summed E-state index contributed by atoms with van der Waals surface area (Å²) in [5, 5.41) is 12.0. The summed E-state index contributed by atoms with van der Waals surface area (Å²) in [5.41, 5.74) is 0. The number of imide groups is 1. The first-order valence-electron chi connectivity index (χ1n) is 7.75. The monoisotopic (exact) mass is 480 g/mol. The van der Waals surface area contributed by atoms with Crippen molar-refractivity contribution >= 4 is 35.4 Å². The molecule has 29 heavy (non-hydrogen) atoms. The maximum Gasteiger partial charge on any atom is 0.326 e. The highest BCUT2D eigenvalue weighted by atomic mass is 31.3. The van der Waals surface area contributed by atoms with E-state index in [2.05, 4.69) is 18.5 Å². The molecule has 0 saturated carbocycles. The fourth-order valence-corrected chi connectivity index (χ4v) is 5.38. The van der Waals surface area contributed by atoms with Crippen LogP contribution in [-0.2, 0) is 36.4 Å². The molecule has 3 amide bonds. The van der Waals surface area contributed by atoms with Gasteiger partial charge in [-0.3, -0.25) is 28.5 Å². The topological polar surface area (TPSA) is 250 Å². The summed E-state index contributed by atoms with van der Waals surface area (Å²) in [5.74, 6) is -1.07. The third kappa shape index (κ3) is 7.17. The summed E-state index contributed by atoms with van der Waals surface area (Å²) in [7, 11) is -18.0. The van der Waals surface area contributed by atoms with Gasteiger partial charge < -0.3 is 38.5 Å². The minimum atomic E-state index is -6.11. The molecule has 0 spiro atoms. The standard InChI is InChI=1S/C10H19N2O14P3/c1-5-3-12(10(15)11-9(5)14)8-2-6(13)7(24-8)4-23-28(19,20)26-29(21,22)25-27(16,17)18/h5-8,13H,2-4H2,1H3,(H,19,20)(H,21,22)(H,11,14,15)(H2,16,17,18)/p-4. The maximum absolute atomic E-state index is 11.9. The fourth-order valence-electron chi connectivity index (χ4n) is 2.52. The Morgan fingerprint density at radius 2 is 1.79 bits per heavy atom. The molecule has 0 aliphatic carbocycles. The second-order valence-electron chi connectivity index (χ2n) is 6.08. The van der Waals surface area contributed by atoms with Gasteiger partial charge in [-0.15, -0.1) is 0 Å². The molecule has 6 unspecified atom stereocenters. The van der Waals surface area contributed by atoms with Crippen LogP contribution >= 0.6 is 23.5 Å². The Morgan fingerprint density at radius 1 is 1.17 bits per heavy atom. The van der Waals surface area contributed by atoms with Gasteiger partial charge >= 0.3 is 6.03 Å². The second-order valence-corrected chi connectivity index (χ2v) is 10.3. The number of carbonyl (C=O) groups excluding carboxylic acids is 2. The molecule has 0 aromatic heterocycles. The lowest BCUT2D eigenvalue weighted by atomic mass is 10.1. The average Bonchev–Trinajstić information content (AvgIpc) is 2.86. The molecule has 19 heteroatoms. The lowest BCUT2D eigenvalue weighted by Gasteiger charge is -2.37. The van der Waals surface area contributed by atoms with Crippen LogP contribution in [0.4, 0.5) is 4.79 Å². The molecule has 0 radical (unpaired) electrons. The number of phosphoric acid groups is 3. The van der Waals surface area contributed by atoms with Crippen LogP contribution in [0.1, 0.15) is 13.3 Å². The molecule has 0 bridgehead atoms. The van der Waals surface area contributed by atoms with Crippen LogP contribution in [0.3, 0.4) is 0 Å². The molecule has 6 atom stereocenters. The van der Waals surface area contributed by atoms with Crippen LogP contribution in [0.25, 0.3) is 0 Å². The zero-order valence-electron chi connectivity index (χ0n) is 14.5. The number of aliphatic hydroxyl groups is 1. The number of carbonyl (C=O) groups is 2. The Morgan fingerprint density at radius 3 is 2.38 bits per heavy atom. The van der Waals surface area contributed by atoms with E-state index in [1.165, 1.54) is 6.92 Å². The Labute approximate surface area is 163 Å². The van der Waals surface area contributed by atoms with Gasteiger partial charge in [-0.1, -0.05) is 6.92 Å². The van der Waals surface area contributed by atoms with Crippen molar-refractivity contribution in [3.05, 3.63) is 0 Å². The van der Waals surface area contributed by atoms with Crippen molar-refractivity contribution in [2.45, 2.75) is 31.8 Å². The molecule has 2 N–H and O–H groups in total. The van der Waals surface area contributed by atoms with Crippen LogP contribution < -0.4 is 24.9 Å². The summed E-state index contributed by atoms with van der Waals surface area (Å²) in [4.78, 5) is 67.5. The van der Waals surface area contributed by atoms with Crippen molar-refractivity contribution in [1.29, 1.82) is 0 Å². The van der Waals surface area contributed by atoms with Crippen LogP contribution in [0.2, 0.25) is 0 Å². The largest absolute Gasteiger partial charge is 0.790 e. The number of amides is 3. The number of phosphoric ester groups is 1. The third-order valence-corrected chi connectivity index (χ3v) is 7.42. The third-order valence-electron chi connectivity index (χ3n) is 3.76. The molecule has 168 valence electrons. The Bertz CT molecular complexity index is 799. The highest BCUT2D eigenvalue weighted by molar-refractivity contribution is 7.64. The summed E-state index contributed by atoms with van der Waals surface area (Å²) in [6.07, 6.45) is -3.92. The van der Waals surface area contributed by atoms with E-state index >= 15 is 0 Å². The predicted octanol–water partition coefficient (Wildman–Crippen LogP) is -3.53. The lowest BCUT2D eigenvalue weighted by molar-refractivity contribution is -0.339. The summed E-state index contributed by atoms with van der Waals surface area (Å²) >= 11 is 0. The zero-order chi connectivity index (χ0) is 22.2. The number of rotatable bonds is 8. The van der Waals surface area contributed by atoms with Crippen LogP contribution in [-0.4, -0.2) is 53.5 Å². The van der Waals surface area contributed by atoms with Gasteiger partial charge in [-0.05, 0) is 0 Å². The van der Waals surface area contributed by atoms with E-state index in [4.69, 9.17) is 4.74 Å².